The second-order valence-electron chi connectivity index (χ2n) is 3.50. The molecule has 0 aliphatic heterocycles. The van der Waals surface area contributed by atoms with Crippen LogP contribution in [0.5, 0.6) is 0 Å². The average Bonchev–Trinajstić information content (AvgIpc) is 2.74. The fourth-order valence-electron chi connectivity index (χ4n) is 1.69. The third kappa shape index (κ3) is 1.66. The van der Waals surface area contributed by atoms with E-state index in [2.05, 4.69) is 30.9 Å². The van der Waals surface area contributed by atoms with E-state index in [9.17, 15) is 4.79 Å². The van der Waals surface area contributed by atoms with Gasteiger partial charge >= 0.3 is 0 Å². The van der Waals surface area contributed by atoms with E-state index in [-0.39, 0.29) is 5.56 Å². The van der Waals surface area contributed by atoms with Gasteiger partial charge in [-0.05, 0) is 18.2 Å². The molecule has 2 heterocycles. The van der Waals surface area contributed by atoms with Crippen LogP contribution in [0.15, 0.2) is 46.2 Å². The smallest absolute Gasteiger partial charge is 0.277 e. The second kappa shape index (κ2) is 3.81. The lowest BCUT2D eigenvalue weighted by molar-refractivity contribution is 1.07. The first-order valence-electron chi connectivity index (χ1n) is 4.92. The number of benzene rings is 1. The fraction of sp³-hybridized carbons (Fsp3) is 0. The van der Waals surface area contributed by atoms with Crippen LogP contribution in [0.25, 0.3) is 16.9 Å². The number of rotatable bonds is 1. The lowest BCUT2D eigenvalue weighted by Gasteiger charge is -2.03. The predicted octanol–water partition coefficient (Wildman–Crippen LogP) is 1.87. The van der Waals surface area contributed by atoms with Crippen LogP contribution in [0.4, 0.5) is 0 Å². The molecule has 3 aromatic rings. The van der Waals surface area contributed by atoms with Gasteiger partial charge in [0, 0.05) is 10.2 Å². The molecule has 0 fully saturated rings. The van der Waals surface area contributed by atoms with Gasteiger partial charge in [-0.1, -0.05) is 22.0 Å². The Bertz CT molecular complexity index is 746. The van der Waals surface area contributed by atoms with Crippen molar-refractivity contribution in [2.45, 2.75) is 0 Å². The highest BCUT2D eigenvalue weighted by molar-refractivity contribution is 9.10. The molecule has 0 saturated carbocycles. The van der Waals surface area contributed by atoms with Crippen molar-refractivity contribution in [3.8, 4) is 5.69 Å². The summed E-state index contributed by atoms with van der Waals surface area (Å²) in [5.74, 6) is 0. The van der Waals surface area contributed by atoms with Gasteiger partial charge in [-0.3, -0.25) is 9.36 Å². The summed E-state index contributed by atoms with van der Waals surface area (Å²) >= 11 is 3.39. The number of hydrogen-bond acceptors (Lipinski definition) is 3. The molecule has 3 rings (SSSR count). The van der Waals surface area contributed by atoms with Crippen molar-refractivity contribution in [3.05, 3.63) is 51.7 Å². The Morgan fingerprint density at radius 2 is 2.18 bits per heavy atom. The van der Waals surface area contributed by atoms with E-state index < -0.39 is 0 Å². The van der Waals surface area contributed by atoms with Crippen molar-refractivity contribution in [1.29, 1.82) is 0 Å². The van der Waals surface area contributed by atoms with E-state index in [1.54, 1.807) is 10.9 Å². The van der Waals surface area contributed by atoms with Crippen molar-refractivity contribution in [3.63, 3.8) is 0 Å². The third-order valence-corrected chi connectivity index (χ3v) is 2.93. The third-order valence-electron chi connectivity index (χ3n) is 2.43. The van der Waals surface area contributed by atoms with Crippen LogP contribution in [-0.2, 0) is 0 Å². The van der Waals surface area contributed by atoms with Gasteiger partial charge in [-0.2, -0.15) is 0 Å². The van der Waals surface area contributed by atoms with E-state index in [0.717, 1.165) is 10.2 Å². The number of nitrogens with one attached hydrogen (secondary N) is 1. The fourth-order valence-corrected chi connectivity index (χ4v) is 2.07. The van der Waals surface area contributed by atoms with Gasteiger partial charge in [0.05, 0.1) is 6.33 Å². The van der Waals surface area contributed by atoms with Gasteiger partial charge in [0.25, 0.3) is 5.56 Å². The van der Waals surface area contributed by atoms with Crippen LogP contribution >= 0.6 is 15.9 Å². The highest BCUT2D eigenvalue weighted by Crippen LogP contribution is 2.17. The molecule has 17 heavy (non-hydrogen) atoms. The minimum absolute atomic E-state index is 0.201. The average molecular weight is 291 g/mol. The molecule has 0 atom stereocenters. The Morgan fingerprint density at radius 3 is 3.00 bits per heavy atom. The van der Waals surface area contributed by atoms with E-state index in [1.165, 1.54) is 6.33 Å². The van der Waals surface area contributed by atoms with Gasteiger partial charge < -0.3 is 4.98 Å². The molecule has 0 saturated heterocycles. The van der Waals surface area contributed by atoms with E-state index in [1.807, 2.05) is 24.3 Å². The molecule has 6 heteroatoms. The van der Waals surface area contributed by atoms with Crippen molar-refractivity contribution >= 4 is 27.1 Å². The van der Waals surface area contributed by atoms with Crippen LogP contribution in [0.2, 0.25) is 0 Å². The van der Waals surface area contributed by atoms with Crippen LogP contribution in [-0.4, -0.2) is 19.5 Å². The topological polar surface area (TPSA) is 63.6 Å². The van der Waals surface area contributed by atoms with E-state index >= 15 is 0 Å². The Kier molecular flexibility index (Phi) is 2.29. The first kappa shape index (κ1) is 10.2. The van der Waals surface area contributed by atoms with Gasteiger partial charge in [0.1, 0.15) is 6.33 Å². The minimum atomic E-state index is -0.201. The molecular formula is C11H7BrN4O. The predicted molar refractivity (Wildman–Crippen MR) is 67.2 cm³/mol. The van der Waals surface area contributed by atoms with Crippen LogP contribution in [0, 0.1) is 0 Å². The van der Waals surface area contributed by atoms with Crippen molar-refractivity contribution in [2.75, 3.05) is 0 Å². The molecule has 0 amide bonds. The van der Waals surface area contributed by atoms with Gasteiger partial charge in [0.2, 0.25) is 0 Å². The van der Waals surface area contributed by atoms with E-state index in [4.69, 9.17) is 0 Å². The molecule has 5 nitrogen and oxygen atoms in total. The first-order chi connectivity index (χ1) is 8.25. The van der Waals surface area contributed by atoms with Crippen molar-refractivity contribution < 1.29 is 0 Å². The Morgan fingerprint density at radius 1 is 1.29 bits per heavy atom. The lowest BCUT2D eigenvalue weighted by Crippen LogP contribution is -2.10. The molecule has 1 N–H and O–H groups in total. The van der Waals surface area contributed by atoms with E-state index in [0.29, 0.717) is 11.2 Å². The summed E-state index contributed by atoms with van der Waals surface area (Å²) in [4.78, 5) is 22.4. The summed E-state index contributed by atoms with van der Waals surface area (Å²) in [6.07, 6.45) is 2.94. The summed E-state index contributed by atoms with van der Waals surface area (Å²) in [5.41, 5.74) is 1.55. The number of aromatic nitrogens is 4. The van der Waals surface area contributed by atoms with Crippen LogP contribution in [0.3, 0.4) is 0 Å². The molecule has 0 unspecified atom stereocenters. The van der Waals surface area contributed by atoms with Crippen LogP contribution < -0.4 is 5.56 Å². The SMILES string of the molecule is O=c1[nH]cnc2ncn(-c3cccc(Br)c3)c12. The molecule has 0 aliphatic carbocycles. The quantitative estimate of drug-likeness (QED) is 0.744. The molecule has 1 aromatic carbocycles. The largest absolute Gasteiger partial charge is 0.311 e. The molecule has 0 spiro atoms. The van der Waals surface area contributed by atoms with Crippen LogP contribution in [0.1, 0.15) is 0 Å². The highest BCUT2D eigenvalue weighted by Gasteiger charge is 2.08. The zero-order valence-electron chi connectivity index (χ0n) is 8.59. The minimum Gasteiger partial charge on any atom is -0.311 e. The molecule has 0 bridgehead atoms. The van der Waals surface area contributed by atoms with Crippen molar-refractivity contribution in [2.24, 2.45) is 0 Å². The normalized spacial score (nSPS) is 10.9. The molecule has 2 aromatic heterocycles. The first-order valence-corrected chi connectivity index (χ1v) is 5.72. The second-order valence-corrected chi connectivity index (χ2v) is 4.41. The number of hydrogen-bond donors (Lipinski definition) is 1. The number of imidazole rings is 1. The summed E-state index contributed by atoms with van der Waals surface area (Å²) in [7, 11) is 0. The Hall–Kier alpha value is -1.95. The highest BCUT2D eigenvalue weighted by atomic mass is 79.9. The number of aromatic amines is 1. The monoisotopic (exact) mass is 290 g/mol. The maximum atomic E-state index is 11.8. The molecule has 0 radical (unpaired) electrons. The van der Waals surface area contributed by atoms with Crippen molar-refractivity contribution in [1.82, 2.24) is 19.5 Å². The summed E-state index contributed by atoms with van der Waals surface area (Å²) in [6, 6.07) is 7.63. The summed E-state index contributed by atoms with van der Waals surface area (Å²) in [6.45, 7) is 0. The van der Waals surface area contributed by atoms with Gasteiger partial charge in [-0.15, -0.1) is 0 Å². The van der Waals surface area contributed by atoms with Gasteiger partial charge in [0.15, 0.2) is 11.2 Å². The summed E-state index contributed by atoms with van der Waals surface area (Å²) in [5, 5.41) is 0. The lowest BCUT2D eigenvalue weighted by atomic mass is 10.3. The summed E-state index contributed by atoms with van der Waals surface area (Å²) < 4.78 is 2.66. The Labute approximate surface area is 104 Å². The standard InChI is InChI=1S/C11H7BrN4O/c12-7-2-1-3-8(4-7)16-6-15-10-9(16)11(17)14-5-13-10/h1-6H,(H,13,14,17). The molecule has 0 aliphatic rings. The number of halogens is 1. The zero-order chi connectivity index (χ0) is 11.8. The maximum Gasteiger partial charge on any atom is 0.277 e. The molecule has 84 valence electrons. The van der Waals surface area contributed by atoms with Gasteiger partial charge in [-0.25, -0.2) is 9.97 Å². The zero-order valence-corrected chi connectivity index (χ0v) is 10.2. The number of nitrogens with zero attached hydrogens (tertiary/aromatic N) is 3. The number of fused-ring (bicyclic) bond motifs is 1. The number of H-pyrrole nitrogens is 1. The molecular weight excluding hydrogens is 284 g/mol. The Balaban J connectivity index is 2.35. The maximum absolute atomic E-state index is 11.8.